The quantitative estimate of drug-likeness (QED) is 0.618. The smallest absolute Gasteiger partial charge is 0.305 e. The van der Waals surface area contributed by atoms with Gasteiger partial charge < -0.3 is 4.74 Å². The first-order valence-corrected chi connectivity index (χ1v) is 5.10. The Morgan fingerprint density at radius 3 is 2.00 bits per heavy atom. The first-order valence-electron chi connectivity index (χ1n) is 5.10. The minimum absolute atomic E-state index is 0.173. The summed E-state index contributed by atoms with van der Waals surface area (Å²) >= 11 is 0. The van der Waals surface area contributed by atoms with E-state index in [9.17, 15) is 9.59 Å². The third kappa shape index (κ3) is 3.13. The van der Waals surface area contributed by atoms with Crippen LogP contribution in [0.5, 0.6) is 0 Å². The number of carbonyl (C=O) groups is 2. The van der Waals surface area contributed by atoms with Crippen LogP contribution < -0.4 is 0 Å². The fourth-order valence-electron chi connectivity index (χ4n) is 1.72. The van der Waals surface area contributed by atoms with Gasteiger partial charge in [0, 0.05) is 11.8 Å². The first kappa shape index (κ1) is 13.1. The fraction of sp³-hybridized carbons (Fsp3) is 0.818. The molecule has 3 nitrogen and oxygen atoms in total. The molecule has 0 rings (SSSR count). The van der Waals surface area contributed by atoms with Gasteiger partial charge in [-0.05, 0) is 26.2 Å². The van der Waals surface area contributed by atoms with Gasteiger partial charge in [-0.2, -0.15) is 0 Å². The van der Waals surface area contributed by atoms with Crippen molar-refractivity contribution in [1.82, 2.24) is 0 Å². The van der Waals surface area contributed by atoms with Crippen LogP contribution in [0.15, 0.2) is 0 Å². The molecule has 3 heteroatoms. The van der Waals surface area contributed by atoms with E-state index in [0.717, 1.165) is 12.8 Å². The average molecular weight is 200 g/mol. The number of ketones is 1. The Bertz CT molecular complexity index is 205. The number of methoxy groups -OCH3 is 1. The molecule has 0 aliphatic heterocycles. The molecular formula is C11H20O3. The van der Waals surface area contributed by atoms with E-state index >= 15 is 0 Å². The summed E-state index contributed by atoms with van der Waals surface area (Å²) in [6.45, 7) is 5.58. The molecule has 0 aliphatic rings. The Balaban J connectivity index is 4.37. The predicted molar refractivity (Wildman–Crippen MR) is 54.9 cm³/mol. The van der Waals surface area contributed by atoms with Crippen molar-refractivity contribution in [3.05, 3.63) is 0 Å². The second-order valence-electron chi connectivity index (χ2n) is 3.62. The van der Waals surface area contributed by atoms with Crippen molar-refractivity contribution in [3.8, 4) is 0 Å². The van der Waals surface area contributed by atoms with E-state index < -0.39 is 0 Å². The van der Waals surface area contributed by atoms with E-state index in [2.05, 4.69) is 4.74 Å². The van der Waals surface area contributed by atoms with Gasteiger partial charge in [0.2, 0.25) is 0 Å². The molecule has 0 aromatic carbocycles. The monoisotopic (exact) mass is 200 g/mol. The maximum atomic E-state index is 11.5. The minimum Gasteiger partial charge on any atom is -0.469 e. The maximum Gasteiger partial charge on any atom is 0.305 e. The molecular weight excluding hydrogens is 180 g/mol. The number of rotatable bonds is 6. The zero-order chi connectivity index (χ0) is 11.2. The zero-order valence-corrected chi connectivity index (χ0v) is 9.55. The summed E-state index contributed by atoms with van der Waals surface area (Å²) < 4.78 is 4.56. The van der Waals surface area contributed by atoms with Gasteiger partial charge in [0.1, 0.15) is 5.78 Å². The molecule has 0 saturated heterocycles. The van der Waals surface area contributed by atoms with E-state index in [1.807, 2.05) is 13.8 Å². The Morgan fingerprint density at radius 2 is 1.71 bits per heavy atom. The fourth-order valence-corrected chi connectivity index (χ4v) is 1.72. The molecule has 0 aromatic heterocycles. The van der Waals surface area contributed by atoms with Crippen LogP contribution in [0, 0.1) is 5.41 Å². The van der Waals surface area contributed by atoms with Gasteiger partial charge in [-0.1, -0.05) is 13.8 Å². The topological polar surface area (TPSA) is 43.4 Å². The number of hydrogen-bond donors (Lipinski definition) is 0. The molecule has 0 spiro atoms. The maximum absolute atomic E-state index is 11.5. The summed E-state index contributed by atoms with van der Waals surface area (Å²) in [7, 11) is 1.37. The second-order valence-corrected chi connectivity index (χ2v) is 3.62. The Labute approximate surface area is 85.8 Å². The van der Waals surface area contributed by atoms with Crippen molar-refractivity contribution >= 4 is 11.8 Å². The van der Waals surface area contributed by atoms with Gasteiger partial charge in [-0.15, -0.1) is 0 Å². The normalized spacial score (nSPS) is 11.1. The van der Waals surface area contributed by atoms with Crippen LogP contribution in [-0.2, 0) is 14.3 Å². The lowest BCUT2D eigenvalue weighted by molar-refractivity contribution is -0.141. The molecule has 0 amide bonds. The molecule has 14 heavy (non-hydrogen) atoms. The van der Waals surface area contributed by atoms with Crippen LogP contribution >= 0.6 is 0 Å². The van der Waals surface area contributed by atoms with Crippen molar-refractivity contribution < 1.29 is 14.3 Å². The Kier molecular flexibility index (Phi) is 5.43. The summed E-state index contributed by atoms with van der Waals surface area (Å²) in [5.74, 6) is -0.0658. The minimum atomic E-state index is -0.325. The van der Waals surface area contributed by atoms with Crippen LogP contribution in [0.1, 0.15) is 46.5 Å². The average Bonchev–Trinajstić information content (AvgIpc) is 2.19. The molecule has 0 fully saturated rings. The highest BCUT2D eigenvalue weighted by Gasteiger charge is 2.31. The summed E-state index contributed by atoms with van der Waals surface area (Å²) in [6.07, 6.45) is 2.51. The van der Waals surface area contributed by atoms with Crippen molar-refractivity contribution in [3.63, 3.8) is 0 Å². The number of esters is 1. The van der Waals surface area contributed by atoms with Gasteiger partial charge in [0.15, 0.2) is 0 Å². The predicted octanol–water partition coefficient (Wildman–Crippen LogP) is 2.33. The highest BCUT2D eigenvalue weighted by atomic mass is 16.5. The number of ether oxygens (including phenoxy) is 1. The van der Waals surface area contributed by atoms with Crippen LogP contribution in [0.2, 0.25) is 0 Å². The molecule has 0 saturated carbocycles. The molecule has 0 unspecified atom stereocenters. The third-order valence-electron chi connectivity index (χ3n) is 3.14. The summed E-state index contributed by atoms with van der Waals surface area (Å²) in [5.41, 5.74) is -0.325. The standard InChI is InChI=1S/C11H20O3/c1-5-11(6-2,9(3)12)8-7-10(13)14-4/h5-8H2,1-4H3. The molecule has 0 aromatic rings. The molecule has 0 N–H and O–H groups in total. The Hall–Kier alpha value is -0.860. The third-order valence-corrected chi connectivity index (χ3v) is 3.14. The van der Waals surface area contributed by atoms with E-state index in [4.69, 9.17) is 0 Å². The molecule has 82 valence electrons. The van der Waals surface area contributed by atoms with Gasteiger partial charge >= 0.3 is 5.97 Å². The largest absolute Gasteiger partial charge is 0.469 e. The van der Waals surface area contributed by atoms with Crippen LogP contribution in [0.3, 0.4) is 0 Å². The number of hydrogen-bond acceptors (Lipinski definition) is 3. The van der Waals surface area contributed by atoms with Gasteiger partial charge in [0.05, 0.1) is 7.11 Å². The van der Waals surface area contributed by atoms with E-state index in [-0.39, 0.29) is 17.2 Å². The van der Waals surface area contributed by atoms with Gasteiger partial charge in [-0.3, -0.25) is 9.59 Å². The SMILES string of the molecule is CCC(CC)(CCC(=O)OC)C(C)=O. The Morgan fingerprint density at radius 1 is 1.21 bits per heavy atom. The number of carbonyl (C=O) groups excluding carboxylic acids is 2. The van der Waals surface area contributed by atoms with E-state index in [1.165, 1.54) is 7.11 Å². The van der Waals surface area contributed by atoms with Crippen LogP contribution in [0.4, 0.5) is 0 Å². The summed E-state index contributed by atoms with van der Waals surface area (Å²) in [5, 5.41) is 0. The molecule has 0 aliphatic carbocycles. The molecule has 0 heterocycles. The lowest BCUT2D eigenvalue weighted by atomic mass is 9.75. The summed E-state index contributed by atoms with van der Waals surface area (Å²) in [4.78, 5) is 22.5. The lowest BCUT2D eigenvalue weighted by Gasteiger charge is -2.28. The molecule has 0 bridgehead atoms. The van der Waals surface area contributed by atoms with Gasteiger partial charge in [0.25, 0.3) is 0 Å². The first-order chi connectivity index (χ1) is 6.52. The van der Waals surface area contributed by atoms with Crippen molar-refractivity contribution in [1.29, 1.82) is 0 Å². The van der Waals surface area contributed by atoms with Crippen molar-refractivity contribution in [2.24, 2.45) is 5.41 Å². The van der Waals surface area contributed by atoms with Crippen LogP contribution in [0.25, 0.3) is 0 Å². The van der Waals surface area contributed by atoms with Gasteiger partial charge in [-0.25, -0.2) is 0 Å². The highest BCUT2D eigenvalue weighted by molar-refractivity contribution is 5.83. The van der Waals surface area contributed by atoms with Crippen molar-refractivity contribution in [2.45, 2.75) is 46.5 Å². The van der Waals surface area contributed by atoms with Crippen LogP contribution in [-0.4, -0.2) is 18.9 Å². The highest BCUT2D eigenvalue weighted by Crippen LogP contribution is 2.33. The zero-order valence-electron chi connectivity index (χ0n) is 9.55. The second kappa shape index (κ2) is 5.78. The number of Topliss-reactive ketones (excluding diaryl/α,β-unsaturated/α-hetero) is 1. The van der Waals surface area contributed by atoms with E-state index in [0.29, 0.717) is 12.8 Å². The summed E-state index contributed by atoms with van der Waals surface area (Å²) in [6, 6.07) is 0. The van der Waals surface area contributed by atoms with E-state index in [1.54, 1.807) is 6.92 Å². The molecule has 0 atom stereocenters. The molecule has 0 radical (unpaired) electrons. The van der Waals surface area contributed by atoms with Crippen molar-refractivity contribution in [2.75, 3.05) is 7.11 Å². The lowest BCUT2D eigenvalue weighted by Crippen LogP contribution is -2.28.